The number of methoxy groups -OCH3 is 2. The van der Waals surface area contributed by atoms with Gasteiger partial charge < -0.3 is 19.5 Å². The number of carbonyl (C=O) groups is 3. The van der Waals surface area contributed by atoms with E-state index in [9.17, 15) is 14.4 Å². The molecule has 0 unspecified atom stereocenters. The summed E-state index contributed by atoms with van der Waals surface area (Å²) < 4.78 is 16.0. The van der Waals surface area contributed by atoms with E-state index in [2.05, 4.69) is 16.2 Å². The molecule has 33 heavy (non-hydrogen) atoms. The number of hydrogen-bond donors (Lipinski definition) is 3. The number of para-hydroxylation sites is 2. The van der Waals surface area contributed by atoms with Crippen molar-refractivity contribution in [3.63, 3.8) is 0 Å². The summed E-state index contributed by atoms with van der Waals surface area (Å²) in [5, 5.41) is 2.71. The number of benzene rings is 3. The van der Waals surface area contributed by atoms with Gasteiger partial charge in [-0.15, -0.1) is 0 Å². The third-order valence-electron chi connectivity index (χ3n) is 4.49. The lowest BCUT2D eigenvalue weighted by molar-refractivity contribution is -0.118. The lowest BCUT2D eigenvalue weighted by atomic mass is 10.2. The Kier molecular flexibility index (Phi) is 7.85. The molecule has 0 bridgehead atoms. The largest absolute Gasteiger partial charge is 0.495 e. The van der Waals surface area contributed by atoms with Crippen molar-refractivity contribution in [1.82, 2.24) is 10.9 Å². The summed E-state index contributed by atoms with van der Waals surface area (Å²) in [7, 11) is 2.92. The molecule has 0 atom stereocenters. The predicted molar refractivity (Wildman–Crippen MR) is 121 cm³/mol. The number of hydrazine groups is 1. The lowest BCUT2D eigenvalue weighted by Gasteiger charge is -2.13. The van der Waals surface area contributed by atoms with Crippen molar-refractivity contribution in [2.75, 3.05) is 26.1 Å². The highest BCUT2D eigenvalue weighted by molar-refractivity contribution is 5.99. The Bertz CT molecular complexity index is 1130. The van der Waals surface area contributed by atoms with E-state index in [0.717, 1.165) is 0 Å². The molecule has 9 heteroatoms. The van der Waals surface area contributed by atoms with Gasteiger partial charge in [-0.2, -0.15) is 0 Å². The molecule has 3 aromatic carbocycles. The highest BCUT2D eigenvalue weighted by atomic mass is 16.5. The average molecular weight is 449 g/mol. The SMILES string of the molecule is COc1ccccc1NC(=O)COc1ccc(C(=O)NNC(=O)c2ccccc2)cc1OC. The van der Waals surface area contributed by atoms with E-state index < -0.39 is 17.7 Å². The summed E-state index contributed by atoms with van der Waals surface area (Å²) in [5.74, 6) is -0.334. The zero-order valence-electron chi connectivity index (χ0n) is 18.1. The first-order valence-electron chi connectivity index (χ1n) is 9.91. The molecule has 0 saturated carbocycles. The summed E-state index contributed by atoms with van der Waals surface area (Å²) in [6.45, 7) is -0.285. The first kappa shape index (κ1) is 23.1. The van der Waals surface area contributed by atoms with Crippen LogP contribution < -0.4 is 30.4 Å². The number of ether oxygens (including phenoxy) is 3. The molecule has 0 aromatic heterocycles. The molecule has 3 rings (SSSR count). The van der Waals surface area contributed by atoms with Crippen molar-refractivity contribution in [3.8, 4) is 17.2 Å². The van der Waals surface area contributed by atoms with Crippen LogP contribution in [0.5, 0.6) is 17.2 Å². The summed E-state index contributed by atoms with van der Waals surface area (Å²) in [6, 6.07) is 19.9. The van der Waals surface area contributed by atoms with Crippen LogP contribution in [-0.2, 0) is 4.79 Å². The van der Waals surface area contributed by atoms with Gasteiger partial charge in [0.25, 0.3) is 17.7 Å². The van der Waals surface area contributed by atoms with Gasteiger partial charge in [0.05, 0.1) is 19.9 Å². The Balaban J connectivity index is 1.58. The first-order valence-corrected chi connectivity index (χ1v) is 9.91. The summed E-state index contributed by atoms with van der Waals surface area (Å²) in [4.78, 5) is 36.7. The van der Waals surface area contributed by atoms with Crippen LogP contribution in [0.25, 0.3) is 0 Å². The van der Waals surface area contributed by atoms with Gasteiger partial charge in [0, 0.05) is 11.1 Å². The fraction of sp³-hybridized carbons (Fsp3) is 0.125. The van der Waals surface area contributed by atoms with Crippen LogP contribution in [0.4, 0.5) is 5.69 Å². The molecule has 0 radical (unpaired) electrons. The Labute approximate surface area is 190 Å². The quantitative estimate of drug-likeness (QED) is 0.456. The second-order valence-electron chi connectivity index (χ2n) is 6.68. The van der Waals surface area contributed by atoms with Crippen LogP contribution >= 0.6 is 0 Å². The second-order valence-corrected chi connectivity index (χ2v) is 6.68. The van der Waals surface area contributed by atoms with Gasteiger partial charge in [0.15, 0.2) is 18.1 Å². The Morgan fingerprint density at radius 2 is 1.33 bits per heavy atom. The zero-order valence-corrected chi connectivity index (χ0v) is 18.1. The van der Waals surface area contributed by atoms with E-state index in [1.807, 2.05) is 0 Å². The standard InChI is InChI=1S/C24H23N3O6/c1-31-19-11-7-6-10-18(19)25-22(28)15-33-20-13-12-17(14-21(20)32-2)24(30)27-26-23(29)16-8-4-3-5-9-16/h3-14H,15H2,1-2H3,(H,25,28)(H,26,29)(H,27,30). The fourth-order valence-electron chi connectivity index (χ4n) is 2.85. The van der Waals surface area contributed by atoms with Crippen LogP contribution in [-0.4, -0.2) is 38.5 Å². The Morgan fingerprint density at radius 1 is 0.697 bits per heavy atom. The molecule has 0 saturated heterocycles. The Hall–Kier alpha value is -4.53. The van der Waals surface area contributed by atoms with E-state index in [0.29, 0.717) is 17.0 Å². The predicted octanol–water partition coefficient (Wildman–Crippen LogP) is 2.80. The second kappa shape index (κ2) is 11.2. The summed E-state index contributed by atoms with van der Waals surface area (Å²) >= 11 is 0. The van der Waals surface area contributed by atoms with E-state index in [1.165, 1.54) is 32.4 Å². The topological polar surface area (TPSA) is 115 Å². The number of carbonyl (C=O) groups excluding carboxylic acids is 3. The third kappa shape index (κ3) is 6.23. The highest BCUT2D eigenvalue weighted by Gasteiger charge is 2.14. The molecule has 3 aromatic rings. The zero-order chi connectivity index (χ0) is 23.6. The van der Waals surface area contributed by atoms with Crippen LogP contribution in [0.1, 0.15) is 20.7 Å². The minimum atomic E-state index is -0.543. The molecule has 0 spiro atoms. The van der Waals surface area contributed by atoms with E-state index in [-0.39, 0.29) is 23.7 Å². The van der Waals surface area contributed by atoms with Crippen molar-refractivity contribution < 1.29 is 28.6 Å². The van der Waals surface area contributed by atoms with Crippen molar-refractivity contribution in [2.24, 2.45) is 0 Å². The maximum atomic E-state index is 12.4. The van der Waals surface area contributed by atoms with E-state index in [4.69, 9.17) is 14.2 Å². The fourth-order valence-corrected chi connectivity index (χ4v) is 2.85. The van der Waals surface area contributed by atoms with Crippen LogP contribution in [0.15, 0.2) is 72.8 Å². The smallest absolute Gasteiger partial charge is 0.269 e. The van der Waals surface area contributed by atoms with Crippen molar-refractivity contribution in [2.45, 2.75) is 0 Å². The third-order valence-corrected chi connectivity index (χ3v) is 4.49. The normalized spacial score (nSPS) is 10.0. The number of hydrogen-bond acceptors (Lipinski definition) is 6. The molecule has 170 valence electrons. The van der Waals surface area contributed by atoms with Crippen molar-refractivity contribution in [3.05, 3.63) is 83.9 Å². The van der Waals surface area contributed by atoms with Gasteiger partial charge in [-0.05, 0) is 42.5 Å². The molecule has 0 aliphatic heterocycles. The average Bonchev–Trinajstić information content (AvgIpc) is 2.86. The van der Waals surface area contributed by atoms with E-state index in [1.54, 1.807) is 54.6 Å². The molecule has 3 amide bonds. The highest BCUT2D eigenvalue weighted by Crippen LogP contribution is 2.28. The lowest BCUT2D eigenvalue weighted by Crippen LogP contribution is -2.41. The van der Waals surface area contributed by atoms with Gasteiger partial charge in [-0.25, -0.2) is 0 Å². The first-order chi connectivity index (χ1) is 16.0. The molecular weight excluding hydrogens is 426 g/mol. The van der Waals surface area contributed by atoms with Crippen LogP contribution in [0, 0.1) is 0 Å². The summed E-state index contributed by atoms with van der Waals surface area (Å²) in [5.41, 5.74) is 5.85. The van der Waals surface area contributed by atoms with Gasteiger partial charge in [0.2, 0.25) is 0 Å². The van der Waals surface area contributed by atoms with E-state index >= 15 is 0 Å². The number of amides is 3. The van der Waals surface area contributed by atoms with Gasteiger partial charge in [0.1, 0.15) is 5.75 Å². The van der Waals surface area contributed by atoms with Crippen molar-refractivity contribution >= 4 is 23.4 Å². The summed E-state index contributed by atoms with van der Waals surface area (Å²) in [6.07, 6.45) is 0. The number of rotatable bonds is 8. The molecular formula is C24H23N3O6. The molecule has 0 aliphatic carbocycles. The molecule has 0 fully saturated rings. The van der Waals surface area contributed by atoms with Gasteiger partial charge in [-0.3, -0.25) is 25.2 Å². The Morgan fingerprint density at radius 3 is 2.03 bits per heavy atom. The minimum Gasteiger partial charge on any atom is -0.495 e. The number of nitrogens with one attached hydrogen (secondary N) is 3. The molecule has 9 nitrogen and oxygen atoms in total. The maximum absolute atomic E-state index is 12.4. The monoisotopic (exact) mass is 449 g/mol. The minimum absolute atomic E-state index is 0.228. The molecule has 0 aliphatic rings. The van der Waals surface area contributed by atoms with Crippen molar-refractivity contribution in [1.29, 1.82) is 0 Å². The van der Waals surface area contributed by atoms with Crippen LogP contribution in [0.3, 0.4) is 0 Å². The molecule has 3 N–H and O–H groups in total. The van der Waals surface area contributed by atoms with Crippen LogP contribution in [0.2, 0.25) is 0 Å². The van der Waals surface area contributed by atoms with Gasteiger partial charge >= 0.3 is 0 Å². The molecule has 0 heterocycles. The number of anilines is 1. The maximum Gasteiger partial charge on any atom is 0.269 e. The van der Waals surface area contributed by atoms with Gasteiger partial charge in [-0.1, -0.05) is 30.3 Å².